The molecule has 0 saturated carbocycles. The van der Waals surface area contributed by atoms with Crippen molar-refractivity contribution < 1.29 is 201 Å². The number of nitrogens with one attached hydrogen (secondary N) is 4. The molecule has 0 aliphatic heterocycles. The van der Waals surface area contributed by atoms with Crippen LogP contribution >= 0.6 is 23.4 Å². The zero-order valence-corrected chi connectivity index (χ0v) is 69.5. The van der Waals surface area contributed by atoms with E-state index in [1.54, 1.807) is 49.6 Å². The van der Waals surface area contributed by atoms with Crippen molar-refractivity contribution in [1.29, 1.82) is 0 Å². The molecule has 8 rings (SSSR count). The molecule has 22 nitrogen and oxygen atoms in total. The summed E-state index contributed by atoms with van der Waals surface area (Å²) in [5.74, 6) is 0.667. The fourth-order valence-corrected chi connectivity index (χ4v) is 5.30. The van der Waals surface area contributed by atoms with Gasteiger partial charge >= 0.3 is 225 Å². The van der Waals surface area contributed by atoms with E-state index >= 15 is 0 Å². The molecule has 0 unspecified atom stereocenters. The number of Topliss-reactive ketones (excluding diaryl/α,β-unsaturated/α-hetero) is 4. The summed E-state index contributed by atoms with van der Waals surface area (Å²) in [6, 6.07) is 47.3. The summed E-state index contributed by atoms with van der Waals surface area (Å²) in [7, 11) is -32.0. The Labute approximate surface area is 692 Å². The van der Waals surface area contributed by atoms with Gasteiger partial charge in [0, 0.05) is 121 Å². The number of hydrogen-bond acceptors (Lipinski definition) is 16. The van der Waals surface area contributed by atoms with E-state index in [1.807, 2.05) is 146 Å². The van der Waals surface area contributed by atoms with Crippen molar-refractivity contribution >= 4 is 46.6 Å². The maximum absolute atomic E-state index is 10.7. The van der Waals surface area contributed by atoms with Gasteiger partial charge in [-0.05, 0) is 152 Å². The largest absolute Gasteiger partial charge is 2.00 e. The molecule has 0 aliphatic carbocycles. The van der Waals surface area contributed by atoms with E-state index in [9.17, 15) is 94.7 Å². The number of hydrogen-bond donors (Lipinski definition) is 4. The monoisotopic (exact) mass is 2040 g/mol. The van der Waals surface area contributed by atoms with E-state index in [2.05, 4.69) is 101 Å². The molecule has 113 heavy (non-hydrogen) atoms. The molecular weight excluding hydrogens is 1970 g/mol. The van der Waals surface area contributed by atoms with Crippen molar-refractivity contribution in [3.8, 4) is 0 Å². The van der Waals surface area contributed by atoms with Gasteiger partial charge in [0.25, 0.3) is 0 Å². The van der Waals surface area contributed by atoms with E-state index in [0.29, 0.717) is 0 Å². The Balaban J connectivity index is -0.0000000897. The minimum Gasteiger partial charge on any atom is -0.306 e. The van der Waals surface area contributed by atoms with Gasteiger partial charge in [-0.2, -0.15) is 0 Å². The predicted molar refractivity (Wildman–Crippen MR) is 366 cm³/mol. The molecule has 8 aromatic heterocycles. The second-order valence-corrected chi connectivity index (χ2v) is 25.2. The smallest absolute Gasteiger partial charge is 0.306 e. The first kappa shape index (κ1) is 135. The average molecular weight is 2040 g/mol. The number of ketones is 4. The Bertz CT molecular complexity index is 3060. The van der Waals surface area contributed by atoms with Crippen molar-refractivity contribution in [3.05, 3.63) is 281 Å². The van der Waals surface area contributed by atoms with E-state index in [4.69, 9.17) is 27.9 Å². The summed E-state index contributed by atoms with van der Waals surface area (Å²) in [4.78, 5) is 71.6. The molecule has 0 spiro atoms. The van der Waals surface area contributed by atoms with Crippen LogP contribution in [0.1, 0.15) is 101 Å². The molecule has 0 saturated heterocycles. The SMILES string of the molecule is CC(C)=O.CC(C)=O.CC(C)=O.CC(C)=O.F[P-](F)(F)(F)(F)F.F[P-](F)(F)(F)(F)F.F[P-](F)(F)(F)(F)F.[C-]#[O+].[C-]#[O+].[C-]#[O+].[C-]#[O+].[C-]#[O+].[C-]#[O+].[Rh+2].[Rh+2].[Rh+2].[Rh].c1ccc(CNCc2ccccn2)nc1.c1ccc(CNCc2ccccn2)nc1.c1ccc(CNCc2ccccn2)nc1.c1ccc(CNCc2ccccn2)nc1. The first-order valence-electron chi connectivity index (χ1n) is 28.9. The third kappa shape index (κ3) is 170. The molecule has 0 amide bonds. The van der Waals surface area contributed by atoms with Crippen molar-refractivity contribution in [2.75, 3.05) is 0 Å². The number of pyridine rings is 8. The van der Waals surface area contributed by atoms with Crippen LogP contribution in [0.15, 0.2) is 195 Å². The maximum atomic E-state index is 9.87. The summed E-state index contributed by atoms with van der Waals surface area (Å²) in [5.41, 5.74) is 8.40. The van der Waals surface area contributed by atoms with E-state index < -0.39 is 23.4 Å². The Hall–Kier alpha value is -7.32. The van der Waals surface area contributed by atoms with E-state index in [-0.39, 0.29) is 101 Å². The van der Waals surface area contributed by atoms with Crippen LogP contribution in [0.5, 0.6) is 0 Å². The Kier molecular flexibility index (Phi) is 85.0. The number of carbonyl (C=O) groups is 4. The van der Waals surface area contributed by atoms with Gasteiger partial charge in [-0.1, -0.05) is 48.5 Å². The zero-order valence-electron chi connectivity index (χ0n) is 60.3. The van der Waals surface area contributed by atoms with Crippen molar-refractivity contribution in [1.82, 2.24) is 61.1 Å². The van der Waals surface area contributed by atoms with E-state index in [0.717, 1.165) is 97.9 Å². The van der Waals surface area contributed by atoms with Crippen LogP contribution < -0.4 is 21.3 Å². The van der Waals surface area contributed by atoms with Crippen LogP contribution in [0.4, 0.5) is 75.5 Å². The van der Waals surface area contributed by atoms with Gasteiger partial charge in [-0.15, -0.1) is 0 Å². The molecule has 0 atom stereocenters. The summed E-state index contributed by atoms with van der Waals surface area (Å²) < 4.78 is 223. The van der Waals surface area contributed by atoms with Gasteiger partial charge in [0.05, 0.1) is 45.6 Å². The number of nitrogens with zero attached hydrogens (tertiary/aromatic N) is 8. The minimum atomic E-state index is -10.7. The minimum absolute atomic E-state index is 0. The topological polar surface area (TPSA) is 339 Å². The molecule has 8 heterocycles. The van der Waals surface area contributed by atoms with Crippen LogP contribution in [-0.2, 0) is 177 Å². The molecule has 4 N–H and O–H groups in total. The van der Waals surface area contributed by atoms with Crippen LogP contribution in [0.25, 0.3) is 0 Å². The van der Waals surface area contributed by atoms with Gasteiger partial charge in [0.15, 0.2) is 0 Å². The third-order valence-electron chi connectivity index (χ3n) is 8.26. The second-order valence-electron chi connectivity index (χ2n) is 19.5. The number of halogens is 18. The molecule has 4 radical (unpaired) electrons. The normalized spacial score (nSPS) is 10.7. The summed E-state index contributed by atoms with van der Waals surface area (Å²) in [6.45, 7) is 45.4. The molecule has 0 fully saturated rings. The van der Waals surface area contributed by atoms with E-state index in [1.165, 1.54) is 55.4 Å². The van der Waals surface area contributed by atoms with Crippen LogP contribution in [-0.4, -0.2) is 63.0 Å². The Morgan fingerprint density at radius 1 is 0.239 bits per heavy atom. The van der Waals surface area contributed by atoms with Gasteiger partial charge in [0.2, 0.25) is 0 Å². The zero-order chi connectivity index (χ0) is 86.9. The molecular formula is C66H76F18N12O10P3Rh4+3. The molecule has 0 aromatic carbocycles. The van der Waals surface area contributed by atoms with Crippen molar-refractivity contribution in [2.45, 2.75) is 108 Å². The van der Waals surface area contributed by atoms with Gasteiger partial charge in [-0.25, -0.2) is 0 Å². The maximum Gasteiger partial charge on any atom is 2.00 e. The van der Waals surface area contributed by atoms with Crippen LogP contribution in [0, 0.1) is 39.9 Å². The first-order chi connectivity index (χ1) is 50.1. The molecule has 0 aliphatic rings. The van der Waals surface area contributed by atoms with Crippen molar-refractivity contribution in [2.24, 2.45) is 0 Å². The van der Waals surface area contributed by atoms with Gasteiger partial charge in [-0.3, -0.25) is 39.9 Å². The van der Waals surface area contributed by atoms with Crippen LogP contribution in [0.2, 0.25) is 0 Å². The summed E-state index contributed by atoms with van der Waals surface area (Å²) in [6.07, 6.45) is 14.4. The Morgan fingerprint density at radius 2 is 0.310 bits per heavy atom. The summed E-state index contributed by atoms with van der Waals surface area (Å²) in [5, 5.41) is 13.2. The quantitative estimate of drug-likeness (QED) is 0.0230. The first-order valence-corrected chi connectivity index (χ1v) is 35.0. The third-order valence-corrected chi connectivity index (χ3v) is 8.26. The predicted octanol–water partition coefficient (Wildman–Crippen LogP) is 19.4. The second kappa shape index (κ2) is 71.2. The number of carbonyl (C=O) groups excluding carboxylic acids is 4. The molecule has 47 heteroatoms. The van der Waals surface area contributed by atoms with Gasteiger partial charge in [0.1, 0.15) is 23.1 Å². The average Bonchev–Trinajstić information content (AvgIpc) is 0.805. The Morgan fingerprint density at radius 3 is 0.363 bits per heavy atom. The molecule has 0 bridgehead atoms. The van der Waals surface area contributed by atoms with Gasteiger partial charge < -0.3 is 40.4 Å². The standard InChI is InChI=1S/4C12H13N3.4C3H6O.6CO.3F6P.4Rh/c4*1-3-7-14-11(5-1)9-13-10-12-6-2-4-8-15-12;4*1-3(2)4;6*1-2;3*1-7(2,3,4,5)6;;;;/h4*1-8,13H,9-10H2;4*1-2H3;;;;;;;;;;;;;/q;;;;;;;;;;;;;;3*-1;;3*+2. The summed E-state index contributed by atoms with van der Waals surface area (Å²) >= 11 is 0. The fourth-order valence-electron chi connectivity index (χ4n) is 5.30. The van der Waals surface area contributed by atoms with Crippen LogP contribution in [0.3, 0.4) is 0 Å². The molecule has 634 valence electrons. The fraction of sp³-hybridized carbons (Fsp3) is 0.242. The molecule has 8 aromatic rings. The number of aromatic nitrogens is 8. The number of rotatable bonds is 16. The van der Waals surface area contributed by atoms with Crippen molar-refractivity contribution in [3.63, 3.8) is 0 Å².